The van der Waals surface area contributed by atoms with E-state index in [2.05, 4.69) is 21.2 Å². The third kappa shape index (κ3) is 3.85. The van der Waals surface area contributed by atoms with E-state index in [0.717, 1.165) is 15.7 Å². The maximum absolute atomic E-state index is 12.1. The van der Waals surface area contributed by atoms with Gasteiger partial charge in [0.1, 0.15) is 5.54 Å². The van der Waals surface area contributed by atoms with Gasteiger partial charge in [0.15, 0.2) is 0 Å². The van der Waals surface area contributed by atoms with Crippen LogP contribution in [0.15, 0.2) is 59.1 Å². The second-order valence-corrected chi connectivity index (χ2v) is 6.01. The number of halogens is 1. The Hall–Kier alpha value is -1.81. The van der Waals surface area contributed by atoms with Crippen molar-refractivity contribution in [3.63, 3.8) is 0 Å². The Bertz CT molecular complexity index is 598. The molecule has 1 atom stereocenters. The summed E-state index contributed by atoms with van der Waals surface area (Å²) in [5.74, 6) is -0.336. The molecule has 110 valence electrons. The second kappa shape index (κ2) is 6.76. The quantitative estimate of drug-likeness (QED) is 0.836. The molecule has 2 rings (SSSR count). The number of carbonyl (C=O) groups is 1. The molecule has 0 saturated heterocycles. The minimum atomic E-state index is -0.783. The van der Waals surface area contributed by atoms with Gasteiger partial charge in [-0.1, -0.05) is 53.2 Å². The number of benzene rings is 2. The van der Waals surface area contributed by atoms with Gasteiger partial charge in [-0.3, -0.25) is 4.79 Å². The first-order valence-electron chi connectivity index (χ1n) is 6.93. The fourth-order valence-electron chi connectivity index (χ4n) is 2.33. The van der Waals surface area contributed by atoms with E-state index >= 15 is 0 Å². The number of nitrogens with two attached hydrogens (primary N) is 1. The highest BCUT2D eigenvalue weighted by Crippen LogP contribution is 2.24. The lowest BCUT2D eigenvalue weighted by molar-refractivity contribution is -0.122. The molecule has 0 aliphatic carbocycles. The Morgan fingerprint density at radius 2 is 1.76 bits per heavy atom. The summed E-state index contributed by atoms with van der Waals surface area (Å²) >= 11 is 3.41. The van der Waals surface area contributed by atoms with Gasteiger partial charge in [-0.15, -0.1) is 0 Å². The standard InChI is InChI=1S/C17H19BrN2O/c1-2-17(16(19)21,12-13-6-4-3-5-7-13)20-15-10-8-14(18)9-11-15/h3-11,20H,2,12H2,1H3,(H2,19,21). The van der Waals surface area contributed by atoms with E-state index in [1.165, 1.54) is 0 Å². The van der Waals surface area contributed by atoms with Crippen molar-refractivity contribution in [1.82, 2.24) is 0 Å². The predicted octanol–water partition coefficient (Wildman–Crippen LogP) is 3.74. The van der Waals surface area contributed by atoms with Crippen molar-refractivity contribution in [2.75, 3.05) is 5.32 Å². The van der Waals surface area contributed by atoms with Gasteiger partial charge in [0.25, 0.3) is 0 Å². The lowest BCUT2D eigenvalue weighted by atomic mass is 9.87. The van der Waals surface area contributed by atoms with Crippen molar-refractivity contribution >= 4 is 27.5 Å². The summed E-state index contributed by atoms with van der Waals surface area (Å²) in [4.78, 5) is 12.1. The van der Waals surface area contributed by atoms with Gasteiger partial charge in [0, 0.05) is 16.6 Å². The fourth-order valence-corrected chi connectivity index (χ4v) is 2.60. The smallest absolute Gasteiger partial charge is 0.243 e. The van der Waals surface area contributed by atoms with Gasteiger partial charge >= 0.3 is 0 Å². The van der Waals surface area contributed by atoms with Crippen LogP contribution in [0.3, 0.4) is 0 Å². The minimum Gasteiger partial charge on any atom is -0.371 e. The van der Waals surface area contributed by atoms with Crippen LogP contribution in [0, 0.1) is 0 Å². The van der Waals surface area contributed by atoms with Crippen LogP contribution in [0.4, 0.5) is 5.69 Å². The summed E-state index contributed by atoms with van der Waals surface area (Å²) in [5.41, 5.74) is 6.88. The highest BCUT2D eigenvalue weighted by atomic mass is 79.9. The first kappa shape index (κ1) is 15.6. The molecule has 0 aliphatic rings. The van der Waals surface area contributed by atoms with Gasteiger partial charge in [-0.2, -0.15) is 0 Å². The van der Waals surface area contributed by atoms with Crippen LogP contribution < -0.4 is 11.1 Å². The SMILES string of the molecule is CCC(Cc1ccccc1)(Nc1ccc(Br)cc1)C(N)=O. The van der Waals surface area contributed by atoms with Gasteiger partial charge in [0.2, 0.25) is 5.91 Å². The van der Waals surface area contributed by atoms with Crippen LogP contribution in [0.2, 0.25) is 0 Å². The number of hydrogen-bond donors (Lipinski definition) is 2. The molecule has 4 heteroatoms. The Balaban J connectivity index is 2.28. The van der Waals surface area contributed by atoms with Crippen LogP contribution in [-0.2, 0) is 11.2 Å². The average molecular weight is 347 g/mol. The highest BCUT2D eigenvalue weighted by Gasteiger charge is 2.34. The number of amides is 1. The van der Waals surface area contributed by atoms with Crippen molar-refractivity contribution in [3.8, 4) is 0 Å². The Kier molecular flexibility index (Phi) is 5.02. The number of primary amides is 1. The molecule has 0 bridgehead atoms. The van der Waals surface area contributed by atoms with Crippen LogP contribution in [-0.4, -0.2) is 11.4 Å². The number of rotatable bonds is 6. The molecule has 0 radical (unpaired) electrons. The average Bonchev–Trinajstić information content (AvgIpc) is 2.49. The molecule has 3 nitrogen and oxygen atoms in total. The molecule has 2 aromatic rings. The van der Waals surface area contributed by atoms with Crippen molar-refractivity contribution in [1.29, 1.82) is 0 Å². The van der Waals surface area contributed by atoms with Gasteiger partial charge in [0.05, 0.1) is 0 Å². The van der Waals surface area contributed by atoms with Crippen LogP contribution >= 0.6 is 15.9 Å². The first-order valence-corrected chi connectivity index (χ1v) is 7.72. The normalized spacial score (nSPS) is 13.4. The van der Waals surface area contributed by atoms with E-state index in [0.29, 0.717) is 12.8 Å². The zero-order valence-electron chi connectivity index (χ0n) is 12.0. The summed E-state index contributed by atoms with van der Waals surface area (Å²) in [6.07, 6.45) is 1.18. The molecule has 1 amide bonds. The summed E-state index contributed by atoms with van der Waals surface area (Å²) in [5, 5.41) is 3.32. The van der Waals surface area contributed by atoms with Gasteiger partial charge < -0.3 is 11.1 Å². The summed E-state index contributed by atoms with van der Waals surface area (Å²) in [6.45, 7) is 1.97. The molecule has 1 unspecified atom stereocenters. The maximum atomic E-state index is 12.1. The second-order valence-electron chi connectivity index (χ2n) is 5.09. The Labute approximate surface area is 133 Å². The van der Waals surface area contributed by atoms with Crippen LogP contribution in [0.25, 0.3) is 0 Å². The lowest BCUT2D eigenvalue weighted by Crippen LogP contribution is -2.51. The fraction of sp³-hybridized carbons (Fsp3) is 0.235. The van der Waals surface area contributed by atoms with Gasteiger partial charge in [-0.25, -0.2) is 0 Å². The zero-order valence-corrected chi connectivity index (χ0v) is 13.6. The molecule has 2 aromatic carbocycles. The molecule has 0 aromatic heterocycles. The zero-order chi connectivity index (χ0) is 15.3. The van der Waals surface area contributed by atoms with Gasteiger partial charge in [-0.05, 0) is 36.2 Å². The molecule has 3 N–H and O–H groups in total. The van der Waals surface area contributed by atoms with E-state index in [1.54, 1.807) is 0 Å². The topological polar surface area (TPSA) is 55.1 Å². The largest absolute Gasteiger partial charge is 0.371 e. The van der Waals surface area contributed by atoms with E-state index in [-0.39, 0.29) is 5.91 Å². The van der Waals surface area contributed by atoms with Crippen molar-refractivity contribution in [3.05, 3.63) is 64.6 Å². The number of nitrogens with one attached hydrogen (secondary N) is 1. The number of anilines is 1. The molecular formula is C17H19BrN2O. The molecular weight excluding hydrogens is 328 g/mol. The monoisotopic (exact) mass is 346 g/mol. The minimum absolute atomic E-state index is 0.336. The summed E-state index contributed by atoms with van der Waals surface area (Å²) in [7, 11) is 0. The highest BCUT2D eigenvalue weighted by molar-refractivity contribution is 9.10. The molecule has 0 aliphatic heterocycles. The summed E-state index contributed by atoms with van der Waals surface area (Å²) < 4.78 is 0.997. The molecule has 0 spiro atoms. The molecule has 0 heterocycles. The Morgan fingerprint density at radius 3 is 2.29 bits per heavy atom. The third-order valence-corrected chi connectivity index (χ3v) is 4.18. The van der Waals surface area contributed by atoms with E-state index < -0.39 is 5.54 Å². The third-order valence-electron chi connectivity index (χ3n) is 3.65. The van der Waals surface area contributed by atoms with Crippen molar-refractivity contribution in [2.45, 2.75) is 25.3 Å². The van der Waals surface area contributed by atoms with Crippen molar-refractivity contribution in [2.24, 2.45) is 5.73 Å². The Morgan fingerprint density at radius 1 is 1.14 bits per heavy atom. The van der Waals surface area contributed by atoms with Crippen LogP contribution in [0.1, 0.15) is 18.9 Å². The molecule has 0 fully saturated rings. The van der Waals surface area contributed by atoms with Crippen LogP contribution in [0.5, 0.6) is 0 Å². The maximum Gasteiger partial charge on any atom is 0.243 e. The summed E-state index contributed by atoms with van der Waals surface area (Å²) in [6, 6.07) is 17.7. The van der Waals surface area contributed by atoms with E-state index in [4.69, 9.17) is 5.73 Å². The van der Waals surface area contributed by atoms with E-state index in [1.807, 2.05) is 61.5 Å². The molecule has 21 heavy (non-hydrogen) atoms. The van der Waals surface area contributed by atoms with Crippen molar-refractivity contribution < 1.29 is 4.79 Å². The number of carbonyl (C=O) groups excluding carboxylic acids is 1. The predicted molar refractivity (Wildman–Crippen MR) is 90.1 cm³/mol. The lowest BCUT2D eigenvalue weighted by Gasteiger charge is -2.32. The first-order chi connectivity index (χ1) is 10.1. The molecule has 0 saturated carbocycles. The number of hydrogen-bond acceptors (Lipinski definition) is 2. The van der Waals surface area contributed by atoms with E-state index in [9.17, 15) is 4.79 Å².